The van der Waals surface area contributed by atoms with E-state index in [1.165, 1.54) is 32.4 Å². The molecule has 0 aromatic heterocycles. The second-order valence-corrected chi connectivity index (χ2v) is 5.23. The maximum atomic E-state index is 11.6. The summed E-state index contributed by atoms with van der Waals surface area (Å²) >= 11 is 0. The van der Waals surface area contributed by atoms with Gasteiger partial charge in [0.05, 0.1) is 0 Å². The van der Waals surface area contributed by atoms with E-state index in [4.69, 9.17) is 0 Å². The first kappa shape index (κ1) is 11.1. The Bertz CT molecular complexity index is 227. The maximum absolute atomic E-state index is 11.6. The van der Waals surface area contributed by atoms with Gasteiger partial charge in [0.2, 0.25) is 0 Å². The molecule has 86 valence electrons. The van der Waals surface area contributed by atoms with Crippen LogP contribution in [0.25, 0.3) is 0 Å². The molecular formula is C13H23NO. The molecule has 2 heteroatoms. The van der Waals surface area contributed by atoms with Crippen molar-refractivity contribution in [3.05, 3.63) is 0 Å². The van der Waals surface area contributed by atoms with Crippen LogP contribution < -0.4 is 0 Å². The molecule has 2 unspecified atom stereocenters. The van der Waals surface area contributed by atoms with Gasteiger partial charge in [-0.1, -0.05) is 13.3 Å². The summed E-state index contributed by atoms with van der Waals surface area (Å²) in [5, 5.41) is 0. The van der Waals surface area contributed by atoms with Crippen LogP contribution in [0, 0.1) is 11.8 Å². The van der Waals surface area contributed by atoms with Crippen molar-refractivity contribution in [2.75, 3.05) is 19.6 Å². The van der Waals surface area contributed by atoms with Crippen LogP contribution >= 0.6 is 0 Å². The Balaban J connectivity index is 1.80. The van der Waals surface area contributed by atoms with E-state index >= 15 is 0 Å². The van der Waals surface area contributed by atoms with Crippen molar-refractivity contribution in [1.29, 1.82) is 0 Å². The van der Waals surface area contributed by atoms with E-state index in [0.717, 1.165) is 31.7 Å². The van der Waals surface area contributed by atoms with Gasteiger partial charge in [0.1, 0.15) is 5.78 Å². The molecule has 0 amide bonds. The van der Waals surface area contributed by atoms with Crippen LogP contribution in [-0.4, -0.2) is 30.3 Å². The normalized spacial score (nSPS) is 33.5. The minimum absolute atomic E-state index is 0.376. The quantitative estimate of drug-likeness (QED) is 0.711. The van der Waals surface area contributed by atoms with Gasteiger partial charge < -0.3 is 4.90 Å². The summed E-state index contributed by atoms with van der Waals surface area (Å²) in [5.74, 6) is 1.78. The zero-order chi connectivity index (χ0) is 10.7. The Morgan fingerprint density at radius 3 is 2.87 bits per heavy atom. The molecule has 1 saturated heterocycles. The third kappa shape index (κ3) is 2.81. The van der Waals surface area contributed by atoms with Gasteiger partial charge in [-0.3, -0.25) is 4.79 Å². The Morgan fingerprint density at radius 2 is 2.20 bits per heavy atom. The highest BCUT2D eigenvalue weighted by Gasteiger charge is 2.28. The number of nitrogens with zero attached hydrogens (tertiary/aromatic N) is 1. The van der Waals surface area contributed by atoms with Crippen molar-refractivity contribution in [1.82, 2.24) is 4.90 Å². The van der Waals surface area contributed by atoms with Gasteiger partial charge in [-0.25, -0.2) is 0 Å². The standard InChI is InChI=1S/C13H23NO/c1-2-11-5-4-8-14(9-11)10-12-6-3-7-13(12)15/h11-12H,2-10H2,1H3. The number of piperidine rings is 1. The largest absolute Gasteiger partial charge is 0.302 e. The molecule has 1 saturated carbocycles. The molecule has 0 aromatic carbocycles. The lowest BCUT2D eigenvalue weighted by Gasteiger charge is -2.33. The second-order valence-electron chi connectivity index (χ2n) is 5.23. The molecule has 0 aromatic rings. The Kier molecular flexibility index (Phi) is 3.79. The molecule has 2 fully saturated rings. The third-order valence-corrected chi connectivity index (χ3v) is 4.09. The van der Waals surface area contributed by atoms with Crippen LogP contribution in [0.3, 0.4) is 0 Å². The number of hydrogen-bond acceptors (Lipinski definition) is 2. The molecule has 2 rings (SSSR count). The summed E-state index contributed by atoms with van der Waals surface area (Å²) in [7, 11) is 0. The fraction of sp³-hybridized carbons (Fsp3) is 0.923. The van der Waals surface area contributed by atoms with E-state index in [9.17, 15) is 4.79 Å². The van der Waals surface area contributed by atoms with E-state index < -0.39 is 0 Å². The topological polar surface area (TPSA) is 20.3 Å². The van der Waals surface area contributed by atoms with E-state index in [0.29, 0.717) is 11.7 Å². The maximum Gasteiger partial charge on any atom is 0.137 e. The molecule has 2 atom stereocenters. The molecule has 0 N–H and O–H groups in total. The molecule has 15 heavy (non-hydrogen) atoms. The predicted molar refractivity (Wildman–Crippen MR) is 61.8 cm³/mol. The zero-order valence-corrected chi connectivity index (χ0v) is 9.87. The second kappa shape index (κ2) is 5.11. The predicted octanol–water partition coefficient (Wildman–Crippen LogP) is 2.48. The number of Topliss-reactive ketones (excluding diaryl/α,β-unsaturated/α-hetero) is 1. The lowest BCUT2D eigenvalue weighted by molar-refractivity contribution is -0.121. The van der Waals surface area contributed by atoms with Crippen molar-refractivity contribution in [3.8, 4) is 0 Å². The fourth-order valence-electron chi connectivity index (χ4n) is 3.04. The fourth-order valence-corrected chi connectivity index (χ4v) is 3.04. The SMILES string of the molecule is CCC1CCCN(CC2CCCC2=O)C1. The first-order valence-corrected chi connectivity index (χ1v) is 6.54. The first-order valence-electron chi connectivity index (χ1n) is 6.54. The Morgan fingerprint density at radius 1 is 1.33 bits per heavy atom. The van der Waals surface area contributed by atoms with Crippen molar-refractivity contribution in [2.45, 2.75) is 45.4 Å². The number of likely N-dealkylation sites (tertiary alicyclic amines) is 1. The van der Waals surface area contributed by atoms with Crippen LogP contribution in [0.4, 0.5) is 0 Å². The average Bonchev–Trinajstić information content (AvgIpc) is 2.65. The summed E-state index contributed by atoms with van der Waals surface area (Å²) < 4.78 is 0. The minimum atomic E-state index is 0.376. The summed E-state index contributed by atoms with van der Waals surface area (Å²) in [6, 6.07) is 0. The Hall–Kier alpha value is -0.370. The molecule has 2 aliphatic rings. The molecule has 0 bridgehead atoms. The first-order chi connectivity index (χ1) is 7.29. The van der Waals surface area contributed by atoms with Crippen LogP contribution in [0.5, 0.6) is 0 Å². The van der Waals surface area contributed by atoms with Gasteiger partial charge >= 0.3 is 0 Å². The van der Waals surface area contributed by atoms with E-state index in [1.54, 1.807) is 0 Å². The smallest absolute Gasteiger partial charge is 0.137 e. The Labute approximate surface area is 93.0 Å². The number of carbonyl (C=O) groups excluding carboxylic acids is 1. The van der Waals surface area contributed by atoms with Crippen molar-refractivity contribution >= 4 is 5.78 Å². The monoisotopic (exact) mass is 209 g/mol. The van der Waals surface area contributed by atoms with E-state index in [-0.39, 0.29) is 0 Å². The van der Waals surface area contributed by atoms with Gasteiger partial charge in [-0.2, -0.15) is 0 Å². The van der Waals surface area contributed by atoms with Crippen molar-refractivity contribution in [2.24, 2.45) is 11.8 Å². The minimum Gasteiger partial charge on any atom is -0.302 e. The van der Waals surface area contributed by atoms with Gasteiger partial charge in [-0.15, -0.1) is 0 Å². The van der Waals surface area contributed by atoms with Crippen LogP contribution in [0.2, 0.25) is 0 Å². The lowest BCUT2D eigenvalue weighted by Crippen LogP contribution is -2.39. The van der Waals surface area contributed by atoms with Crippen LogP contribution in [0.1, 0.15) is 45.4 Å². The van der Waals surface area contributed by atoms with Crippen molar-refractivity contribution in [3.63, 3.8) is 0 Å². The molecular weight excluding hydrogens is 186 g/mol. The van der Waals surface area contributed by atoms with Gasteiger partial charge in [0.15, 0.2) is 0 Å². The molecule has 0 radical (unpaired) electrons. The van der Waals surface area contributed by atoms with Gasteiger partial charge in [0, 0.05) is 25.4 Å². The average molecular weight is 209 g/mol. The van der Waals surface area contributed by atoms with Crippen LogP contribution in [-0.2, 0) is 4.79 Å². The zero-order valence-electron chi connectivity index (χ0n) is 9.87. The van der Waals surface area contributed by atoms with Gasteiger partial charge in [-0.05, 0) is 38.1 Å². The lowest BCUT2D eigenvalue weighted by atomic mass is 9.94. The summed E-state index contributed by atoms with van der Waals surface area (Å²) in [6.45, 7) is 5.80. The molecule has 1 aliphatic heterocycles. The van der Waals surface area contributed by atoms with E-state index in [1.807, 2.05) is 0 Å². The number of rotatable bonds is 3. The third-order valence-electron chi connectivity index (χ3n) is 4.09. The van der Waals surface area contributed by atoms with Crippen LogP contribution in [0.15, 0.2) is 0 Å². The highest BCUT2D eigenvalue weighted by Crippen LogP contribution is 2.25. The summed E-state index contributed by atoms with van der Waals surface area (Å²) in [5.41, 5.74) is 0. The summed E-state index contributed by atoms with van der Waals surface area (Å²) in [4.78, 5) is 14.1. The molecule has 1 heterocycles. The number of ketones is 1. The summed E-state index contributed by atoms with van der Waals surface area (Å²) in [6.07, 6.45) is 7.15. The number of hydrogen-bond donors (Lipinski definition) is 0. The molecule has 1 aliphatic carbocycles. The van der Waals surface area contributed by atoms with Gasteiger partial charge in [0.25, 0.3) is 0 Å². The highest BCUT2D eigenvalue weighted by molar-refractivity contribution is 5.83. The molecule has 0 spiro atoms. The molecule has 2 nitrogen and oxygen atoms in total. The highest BCUT2D eigenvalue weighted by atomic mass is 16.1. The van der Waals surface area contributed by atoms with E-state index in [2.05, 4.69) is 11.8 Å². The number of carbonyl (C=O) groups is 1. The van der Waals surface area contributed by atoms with Crippen molar-refractivity contribution < 1.29 is 4.79 Å².